The smallest absolute Gasteiger partial charge is 0.251 e. The van der Waals surface area contributed by atoms with Crippen LogP contribution >= 0.6 is 11.8 Å². The van der Waals surface area contributed by atoms with Gasteiger partial charge in [-0.3, -0.25) is 9.79 Å². The van der Waals surface area contributed by atoms with E-state index < -0.39 is 0 Å². The molecule has 0 radical (unpaired) electrons. The van der Waals surface area contributed by atoms with Gasteiger partial charge < -0.3 is 20.6 Å². The highest BCUT2D eigenvalue weighted by Crippen LogP contribution is 2.24. The summed E-state index contributed by atoms with van der Waals surface area (Å²) in [6.45, 7) is 10.8. The van der Waals surface area contributed by atoms with Crippen LogP contribution in [0.1, 0.15) is 37.6 Å². The first-order valence-corrected chi connectivity index (χ1v) is 10.8. The average Bonchev–Trinajstić information content (AvgIpc) is 2.66. The summed E-state index contributed by atoms with van der Waals surface area (Å²) in [5.41, 5.74) is 0.470. The van der Waals surface area contributed by atoms with E-state index in [1.54, 1.807) is 18.2 Å². The van der Waals surface area contributed by atoms with Crippen LogP contribution in [0.2, 0.25) is 0 Å². The van der Waals surface area contributed by atoms with Gasteiger partial charge in [-0.1, -0.05) is 19.9 Å². The van der Waals surface area contributed by atoms with Crippen LogP contribution in [0.25, 0.3) is 0 Å². The maximum absolute atomic E-state index is 12.1. The number of hydrogen-bond acceptors (Lipinski definition) is 4. The number of rotatable bonds is 7. The minimum absolute atomic E-state index is 0.0990. The van der Waals surface area contributed by atoms with Gasteiger partial charge in [0.25, 0.3) is 5.91 Å². The van der Waals surface area contributed by atoms with Crippen LogP contribution in [0, 0.1) is 5.92 Å². The first-order valence-electron chi connectivity index (χ1n) is 9.73. The second-order valence-electron chi connectivity index (χ2n) is 6.99. The van der Waals surface area contributed by atoms with Crippen molar-refractivity contribution >= 4 is 23.6 Å². The average molecular weight is 393 g/mol. The lowest BCUT2D eigenvalue weighted by Crippen LogP contribution is -2.49. The molecule has 1 aromatic carbocycles. The molecular formula is C20H32N4O2S. The number of amides is 1. The van der Waals surface area contributed by atoms with Gasteiger partial charge in [-0.25, -0.2) is 0 Å². The molecule has 6 nitrogen and oxygen atoms in total. The van der Waals surface area contributed by atoms with Crippen LogP contribution in [0.15, 0.2) is 29.3 Å². The van der Waals surface area contributed by atoms with E-state index in [0.29, 0.717) is 29.8 Å². The van der Waals surface area contributed by atoms with Gasteiger partial charge in [-0.15, -0.1) is 0 Å². The van der Waals surface area contributed by atoms with Crippen molar-refractivity contribution in [2.45, 2.75) is 32.4 Å². The summed E-state index contributed by atoms with van der Waals surface area (Å²) >= 11 is 2.05. The maximum atomic E-state index is 12.1. The summed E-state index contributed by atoms with van der Waals surface area (Å²) < 4.78 is 0. The van der Waals surface area contributed by atoms with Crippen molar-refractivity contribution in [3.05, 3.63) is 29.8 Å². The number of guanidine groups is 1. The first-order chi connectivity index (χ1) is 13.0. The third-order valence-corrected chi connectivity index (χ3v) is 6.00. The second kappa shape index (κ2) is 11.1. The molecule has 150 valence electrons. The van der Waals surface area contributed by atoms with Gasteiger partial charge in [-0.2, -0.15) is 11.8 Å². The Kier molecular flexibility index (Phi) is 8.78. The number of phenolic OH excluding ortho intramolecular Hbond substituents is 1. The van der Waals surface area contributed by atoms with E-state index in [4.69, 9.17) is 4.99 Å². The van der Waals surface area contributed by atoms with Crippen molar-refractivity contribution < 1.29 is 9.90 Å². The Morgan fingerprint density at radius 2 is 2.22 bits per heavy atom. The van der Waals surface area contributed by atoms with Crippen molar-refractivity contribution in [2.24, 2.45) is 10.9 Å². The Morgan fingerprint density at radius 3 is 2.93 bits per heavy atom. The number of phenols is 1. The first kappa shape index (κ1) is 21.4. The van der Waals surface area contributed by atoms with Gasteiger partial charge in [0, 0.05) is 49.3 Å². The largest absolute Gasteiger partial charge is 0.508 e. The quantitative estimate of drug-likeness (QED) is 0.378. The van der Waals surface area contributed by atoms with E-state index in [-0.39, 0.29) is 11.7 Å². The normalized spacial score (nSPS) is 17.9. The van der Waals surface area contributed by atoms with Gasteiger partial charge in [0.1, 0.15) is 5.75 Å². The molecule has 0 aromatic heterocycles. The Hall–Kier alpha value is -1.89. The van der Waals surface area contributed by atoms with Crippen LogP contribution in [0.3, 0.4) is 0 Å². The minimum atomic E-state index is -0.172. The van der Waals surface area contributed by atoms with Crippen molar-refractivity contribution in [3.63, 3.8) is 0 Å². The molecule has 7 heteroatoms. The lowest BCUT2D eigenvalue weighted by atomic mass is 10.1. The fourth-order valence-corrected chi connectivity index (χ4v) is 4.21. The van der Waals surface area contributed by atoms with E-state index in [9.17, 15) is 9.90 Å². The summed E-state index contributed by atoms with van der Waals surface area (Å²) in [6.07, 6.45) is 0.773. The van der Waals surface area contributed by atoms with Crippen molar-refractivity contribution in [2.75, 3.05) is 38.5 Å². The van der Waals surface area contributed by atoms with Gasteiger partial charge in [-0.05, 0) is 37.5 Å². The number of thioether (sulfide) groups is 1. The predicted molar refractivity (Wildman–Crippen MR) is 114 cm³/mol. The highest BCUT2D eigenvalue weighted by atomic mass is 32.2. The molecule has 1 aliphatic heterocycles. The minimum Gasteiger partial charge on any atom is -0.508 e. The third kappa shape index (κ3) is 6.97. The molecule has 27 heavy (non-hydrogen) atoms. The van der Waals surface area contributed by atoms with Crippen LogP contribution < -0.4 is 10.6 Å². The fraction of sp³-hybridized carbons (Fsp3) is 0.600. The fourth-order valence-electron chi connectivity index (χ4n) is 2.91. The van der Waals surface area contributed by atoms with E-state index in [1.807, 2.05) is 0 Å². The van der Waals surface area contributed by atoms with E-state index in [1.165, 1.54) is 6.07 Å². The van der Waals surface area contributed by atoms with Crippen LogP contribution in [-0.2, 0) is 0 Å². The molecule has 0 saturated carbocycles. The van der Waals surface area contributed by atoms with Crippen molar-refractivity contribution in [3.8, 4) is 5.75 Å². The predicted octanol–water partition coefficient (Wildman–Crippen LogP) is 2.55. The van der Waals surface area contributed by atoms with E-state index in [0.717, 1.165) is 37.8 Å². The number of aromatic hydroxyl groups is 1. The highest BCUT2D eigenvalue weighted by molar-refractivity contribution is 8.00. The van der Waals surface area contributed by atoms with Gasteiger partial charge in [0.2, 0.25) is 0 Å². The van der Waals surface area contributed by atoms with Crippen LogP contribution in [0.4, 0.5) is 0 Å². The van der Waals surface area contributed by atoms with Gasteiger partial charge in [0.05, 0.1) is 0 Å². The molecule has 1 fully saturated rings. The zero-order chi connectivity index (χ0) is 19.6. The number of carbonyl (C=O) groups is 1. The Balaban J connectivity index is 1.80. The standard InChI is InChI=1S/C20H32N4O2S/c1-4-21-20(24-11-12-27-18(14-24)15(2)3)23-10-6-9-22-19(26)16-7-5-8-17(25)13-16/h5,7-8,13,15,18,25H,4,6,9-12,14H2,1-3H3,(H,21,23)(H,22,26). The molecule has 0 aliphatic carbocycles. The molecule has 1 aliphatic rings. The van der Waals surface area contributed by atoms with Gasteiger partial charge in [0.15, 0.2) is 5.96 Å². The zero-order valence-electron chi connectivity index (χ0n) is 16.6. The molecule has 1 unspecified atom stereocenters. The zero-order valence-corrected chi connectivity index (χ0v) is 17.4. The van der Waals surface area contributed by atoms with Crippen molar-refractivity contribution in [1.82, 2.24) is 15.5 Å². The topological polar surface area (TPSA) is 77.0 Å². The maximum Gasteiger partial charge on any atom is 0.251 e. The van der Waals surface area contributed by atoms with Gasteiger partial charge >= 0.3 is 0 Å². The molecular weight excluding hydrogens is 360 g/mol. The highest BCUT2D eigenvalue weighted by Gasteiger charge is 2.24. The Labute approximate surface area is 166 Å². The van der Waals surface area contributed by atoms with Crippen LogP contribution in [0.5, 0.6) is 5.75 Å². The van der Waals surface area contributed by atoms with E-state index in [2.05, 4.69) is 48.1 Å². The molecule has 0 bridgehead atoms. The Bertz CT molecular complexity index is 636. The number of benzene rings is 1. The van der Waals surface area contributed by atoms with Crippen molar-refractivity contribution in [1.29, 1.82) is 0 Å². The summed E-state index contributed by atoms with van der Waals surface area (Å²) in [5, 5.41) is 16.4. The molecule has 1 amide bonds. The van der Waals surface area contributed by atoms with E-state index >= 15 is 0 Å². The molecule has 3 N–H and O–H groups in total. The number of hydrogen-bond donors (Lipinski definition) is 3. The number of nitrogens with zero attached hydrogens (tertiary/aromatic N) is 2. The lowest BCUT2D eigenvalue weighted by Gasteiger charge is -2.36. The third-order valence-electron chi connectivity index (χ3n) is 4.46. The molecule has 1 atom stereocenters. The summed E-state index contributed by atoms with van der Waals surface area (Å²) in [7, 11) is 0. The monoisotopic (exact) mass is 392 g/mol. The Morgan fingerprint density at radius 1 is 1.41 bits per heavy atom. The molecule has 2 rings (SSSR count). The lowest BCUT2D eigenvalue weighted by molar-refractivity contribution is 0.0953. The number of carbonyl (C=O) groups excluding carboxylic acids is 1. The second-order valence-corrected chi connectivity index (χ2v) is 8.34. The summed E-state index contributed by atoms with van der Waals surface area (Å²) in [4.78, 5) is 19.2. The van der Waals surface area contributed by atoms with Crippen LogP contribution in [-0.4, -0.2) is 65.6 Å². The number of aliphatic imine (C=N–C) groups is 1. The number of nitrogens with one attached hydrogen (secondary N) is 2. The molecule has 1 saturated heterocycles. The molecule has 1 heterocycles. The SMILES string of the molecule is CCNC(=NCCCNC(=O)c1cccc(O)c1)N1CCSC(C(C)C)C1. The molecule has 0 spiro atoms. The summed E-state index contributed by atoms with van der Waals surface area (Å²) in [5.74, 6) is 2.69. The molecule has 1 aromatic rings. The summed E-state index contributed by atoms with van der Waals surface area (Å²) in [6, 6.07) is 6.38.